The maximum absolute atomic E-state index is 12.0. The van der Waals surface area contributed by atoms with Crippen LogP contribution in [0.1, 0.15) is 18.4 Å². The van der Waals surface area contributed by atoms with E-state index in [2.05, 4.69) is 15.3 Å². The van der Waals surface area contributed by atoms with Crippen LogP contribution in [0, 0.1) is 6.92 Å². The average molecular weight is 279 g/mol. The van der Waals surface area contributed by atoms with Crippen LogP contribution in [-0.4, -0.2) is 24.1 Å². The van der Waals surface area contributed by atoms with E-state index in [9.17, 15) is 8.42 Å². The Hall–Kier alpha value is -1.82. The largest absolute Gasteiger partial charge is 0.378 e. The Labute approximate surface area is 113 Å². The van der Waals surface area contributed by atoms with Gasteiger partial charge in [0.05, 0.1) is 34.8 Å². The molecule has 2 N–H and O–H groups in total. The number of nitrogens with zero attached hydrogens (tertiary/aromatic N) is 1. The maximum atomic E-state index is 12.0. The predicted molar refractivity (Wildman–Crippen MR) is 74.8 cm³/mol. The second-order valence-corrected chi connectivity index (χ2v) is 6.49. The van der Waals surface area contributed by atoms with Crippen molar-refractivity contribution in [1.82, 2.24) is 9.97 Å². The molecule has 0 aliphatic rings. The van der Waals surface area contributed by atoms with Gasteiger partial charge < -0.3 is 10.3 Å². The van der Waals surface area contributed by atoms with Gasteiger partial charge in [0.1, 0.15) is 5.82 Å². The summed E-state index contributed by atoms with van der Waals surface area (Å²) in [5, 5.41) is 3.13. The van der Waals surface area contributed by atoms with Gasteiger partial charge in [0.25, 0.3) is 0 Å². The minimum absolute atomic E-state index is 0.0921. The Balaban J connectivity index is 2.21. The lowest BCUT2D eigenvalue weighted by Crippen LogP contribution is -2.09. The van der Waals surface area contributed by atoms with Gasteiger partial charge in [-0.2, -0.15) is 0 Å². The monoisotopic (exact) mass is 279 g/mol. The number of para-hydroxylation sites is 1. The number of aromatic amines is 1. The van der Waals surface area contributed by atoms with E-state index >= 15 is 0 Å². The van der Waals surface area contributed by atoms with Gasteiger partial charge in [-0.05, 0) is 19.1 Å². The highest BCUT2D eigenvalue weighted by atomic mass is 32.2. The minimum Gasteiger partial charge on any atom is -0.378 e. The standard InChI is InChI=1S/C13H17N3O2S/c1-3-19(17,18)13-7-5-4-6-12(13)15-9-11-8-14-10(2)16-11/h4-8,15H,3,9H2,1-2H3,(H,14,16). The van der Waals surface area contributed by atoms with Gasteiger partial charge in [-0.25, -0.2) is 13.4 Å². The van der Waals surface area contributed by atoms with E-state index < -0.39 is 9.84 Å². The summed E-state index contributed by atoms with van der Waals surface area (Å²) >= 11 is 0. The van der Waals surface area contributed by atoms with Crippen molar-refractivity contribution in [3.05, 3.63) is 42.0 Å². The van der Waals surface area contributed by atoms with E-state index in [4.69, 9.17) is 0 Å². The first kappa shape index (κ1) is 13.6. The van der Waals surface area contributed by atoms with Crippen molar-refractivity contribution >= 4 is 15.5 Å². The fourth-order valence-electron chi connectivity index (χ4n) is 1.79. The third-order valence-electron chi connectivity index (χ3n) is 2.83. The molecule has 0 aliphatic heterocycles. The molecule has 19 heavy (non-hydrogen) atoms. The number of nitrogens with one attached hydrogen (secondary N) is 2. The Morgan fingerprint density at radius 2 is 2.05 bits per heavy atom. The van der Waals surface area contributed by atoms with Crippen LogP contribution in [0.5, 0.6) is 0 Å². The number of hydrogen-bond acceptors (Lipinski definition) is 4. The van der Waals surface area contributed by atoms with Crippen LogP contribution in [0.3, 0.4) is 0 Å². The van der Waals surface area contributed by atoms with Crippen LogP contribution >= 0.6 is 0 Å². The Morgan fingerprint density at radius 1 is 1.32 bits per heavy atom. The van der Waals surface area contributed by atoms with Gasteiger partial charge in [0.2, 0.25) is 0 Å². The van der Waals surface area contributed by atoms with Crippen LogP contribution in [0.4, 0.5) is 5.69 Å². The Morgan fingerprint density at radius 3 is 2.68 bits per heavy atom. The number of aryl methyl sites for hydroxylation is 1. The zero-order chi connectivity index (χ0) is 13.9. The number of imidazole rings is 1. The molecule has 2 aromatic rings. The Bertz CT molecular complexity index is 662. The van der Waals surface area contributed by atoms with Crippen LogP contribution < -0.4 is 5.32 Å². The van der Waals surface area contributed by atoms with Crippen LogP contribution in [-0.2, 0) is 16.4 Å². The molecule has 0 spiro atoms. The molecule has 0 atom stereocenters. The summed E-state index contributed by atoms with van der Waals surface area (Å²) in [6, 6.07) is 6.94. The van der Waals surface area contributed by atoms with Crippen LogP contribution in [0.15, 0.2) is 35.4 Å². The van der Waals surface area contributed by atoms with Crippen molar-refractivity contribution in [3.8, 4) is 0 Å². The number of anilines is 1. The molecule has 0 fully saturated rings. The van der Waals surface area contributed by atoms with E-state index in [0.717, 1.165) is 11.5 Å². The molecule has 102 valence electrons. The first-order valence-electron chi connectivity index (χ1n) is 6.09. The zero-order valence-electron chi connectivity index (χ0n) is 11.0. The van der Waals surface area contributed by atoms with Crippen molar-refractivity contribution in [2.75, 3.05) is 11.1 Å². The summed E-state index contributed by atoms with van der Waals surface area (Å²) < 4.78 is 24.0. The van der Waals surface area contributed by atoms with E-state index in [-0.39, 0.29) is 5.75 Å². The lowest BCUT2D eigenvalue weighted by atomic mass is 10.3. The fourth-order valence-corrected chi connectivity index (χ4v) is 2.86. The van der Waals surface area contributed by atoms with Crippen LogP contribution in [0.25, 0.3) is 0 Å². The topological polar surface area (TPSA) is 74.8 Å². The van der Waals surface area contributed by atoms with E-state index in [1.165, 1.54) is 0 Å². The van der Waals surface area contributed by atoms with Crippen molar-refractivity contribution < 1.29 is 8.42 Å². The average Bonchev–Trinajstić information content (AvgIpc) is 2.82. The van der Waals surface area contributed by atoms with Crippen molar-refractivity contribution in [3.63, 3.8) is 0 Å². The minimum atomic E-state index is -3.22. The lowest BCUT2D eigenvalue weighted by Gasteiger charge is -2.10. The highest BCUT2D eigenvalue weighted by Crippen LogP contribution is 2.22. The Kier molecular flexibility index (Phi) is 3.90. The normalized spacial score (nSPS) is 11.5. The molecular weight excluding hydrogens is 262 g/mol. The summed E-state index contributed by atoms with van der Waals surface area (Å²) in [5.74, 6) is 0.931. The number of rotatable bonds is 5. The predicted octanol–water partition coefficient (Wildman–Crippen LogP) is 2.12. The smallest absolute Gasteiger partial charge is 0.180 e. The molecule has 2 rings (SSSR count). The molecule has 0 bridgehead atoms. The molecule has 0 saturated heterocycles. The lowest BCUT2D eigenvalue weighted by molar-refractivity contribution is 0.597. The van der Waals surface area contributed by atoms with Crippen molar-refractivity contribution in [2.45, 2.75) is 25.3 Å². The van der Waals surface area contributed by atoms with Gasteiger partial charge in [-0.1, -0.05) is 19.1 Å². The summed E-state index contributed by atoms with van der Waals surface area (Å²) in [5.41, 5.74) is 1.54. The highest BCUT2D eigenvalue weighted by Gasteiger charge is 2.15. The van der Waals surface area contributed by atoms with Gasteiger partial charge in [-0.15, -0.1) is 0 Å². The SMILES string of the molecule is CCS(=O)(=O)c1ccccc1NCc1cnc(C)[nH]1. The summed E-state index contributed by atoms with van der Waals surface area (Å²) in [4.78, 5) is 7.54. The number of sulfone groups is 1. The summed E-state index contributed by atoms with van der Waals surface area (Å²) in [6.07, 6.45) is 1.74. The van der Waals surface area contributed by atoms with Gasteiger partial charge in [0, 0.05) is 0 Å². The van der Waals surface area contributed by atoms with Gasteiger partial charge >= 0.3 is 0 Å². The molecule has 0 amide bonds. The molecule has 0 unspecified atom stereocenters. The van der Waals surface area contributed by atoms with E-state index in [1.807, 2.05) is 13.0 Å². The second kappa shape index (κ2) is 5.44. The molecule has 0 saturated carbocycles. The quantitative estimate of drug-likeness (QED) is 0.879. The molecule has 1 heterocycles. The number of benzene rings is 1. The van der Waals surface area contributed by atoms with Crippen molar-refractivity contribution in [2.24, 2.45) is 0 Å². The summed E-state index contributed by atoms with van der Waals surface area (Å²) in [7, 11) is -3.22. The number of H-pyrrole nitrogens is 1. The van der Waals surface area contributed by atoms with Gasteiger partial charge in [-0.3, -0.25) is 0 Å². The first-order valence-corrected chi connectivity index (χ1v) is 7.74. The molecule has 1 aromatic carbocycles. The zero-order valence-corrected chi connectivity index (χ0v) is 11.8. The molecule has 5 nitrogen and oxygen atoms in total. The second-order valence-electron chi connectivity index (χ2n) is 4.25. The molecule has 0 radical (unpaired) electrons. The molecule has 6 heteroatoms. The third-order valence-corrected chi connectivity index (χ3v) is 4.61. The highest BCUT2D eigenvalue weighted by molar-refractivity contribution is 7.91. The third kappa shape index (κ3) is 3.14. The van der Waals surface area contributed by atoms with E-state index in [1.54, 1.807) is 31.3 Å². The molecule has 0 aliphatic carbocycles. The van der Waals surface area contributed by atoms with E-state index in [0.29, 0.717) is 17.1 Å². The molecule has 1 aromatic heterocycles. The first-order chi connectivity index (χ1) is 9.03. The van der Waals surface area contributed by atoms with Gasteiger partial charge in [0.15, 0.2) is 9.84 Å². The fraction of sp³-hybridized carbons (Fsp3) is 0.308. The maximum Gasteiger partial charge on any atom is 0.180 e. The molecular formula is C13H17N3O2S. The summed E-state index contributed by atoms with van der Waals surface area (Å²) in [6.45, 7) is 4.03. The number of aromatic nitrogens is 2. The van der Waals surface area contributed by atoms with Crippen molar-refractivity contribution in [1.29, 1.82) is 0 Å². The van der Waals surface area contributed by atoms with Crippen LogP contribution in [0.2, 0.25) is 0 Å². The number of hydrogen-bond donors (Lipinski definition) is 2.